The monoisotopic (exact) mass is 105 g/mol. The standard InChI is InChI=1S/C4H9O3/c5-2-1-4(7)3-6/h4,6-7H,1-3H2. The highest BCUT2D eigenvalue weighted by Gasteiger charge is 1.97. The van der Waals surface area contributed by atoms with Crippen LogP contribution in [0.3, 0.4) is 0 Å². The van der Waals surface area contributed by atoms with Crippen LogP contribution in [0, 0.1) is 0 Å². The molecule has 2 N–H and O–H groups in total. The Morgan fingerprint density at radius 2 is 2.14 bits per heavy atom. The van der Waals surface area contributed by atoms with E-state index in [0.29, 0.717) is 0 Å². The lowest BCUT2D eigenvalue weighted by molar-refractivity contribution is 0.0583. The third-order valence-corrected chi connectivity index (χ3v) is 0.662. The summed E-state index contributed by atoms with van der Waals surface area (Å²) in [5.74, 6) is 0. The third kappa shape index (κ3) is 3.72. The highest BCUT2D eigenvalue weighted by molar-refractivity contribution is 4.48. The van der Waals surface area contributed by atoms with Gasteiger partial charge in [0.25, 0.3) is 0 Å². The SMILES string of the molecule is [O]CCC(O)CO. The van der Waals surface area contributed by atoms with Crippen LogP contribution < -0.4 is 0 Å². The lowest BCUT2D eigenvalue weighted by Crippen LogP contribution is -2.12. The molecule has 0 fully saturated rings. The maximum Gasteiger partial charge on any atom is 0.0847 e. The normalized spacial score (nSPS) is 14.1. The number of rotatable bonds is 3. The molecule has 0 amide bonds. The average molecular weight is 105 g/mol. The van der Waals surface area contributed by atoms with Gasteiger partial charge in [-0.2, -0.15) is 0 Å². The Morgan fingerprint density at radius 3 is 2.29 bits per heavy atom. The molecule has 0 saturated heterocycles. The molecule has 3 heteroatoms. The van der Waals surface area contributed by atoms with Crippen molar-refractivity contribution in [1.29, 1.82) is 0 Å². The van der Waals surface area contributed by atoms with E-state index < -0.39 is 6.10 Å². The lowest BCUT2D eigenvalue weighted by atomic mass is 10.3. The van der Waals surface area contributed by atoms with E-state index in [2.05, 4.69) is 0 Å². The van der Waals surface area contributed by atoms with Gasteiger partial charge in [-0.3, -0.25) is 0 Å². The largest absolute Gasteiger partial charge is 0.394 e. The molecule has 1 atom stereocenters. The zero-order valence-corrected chi connectivity index (χ0v) is 4.00. The van der Waals surface area contributed by atoms with Gasteiger partial charge in [-0.05, 0) is 0 Å². The molecule has 7 heavy (non-hydrogen) atoms. The van der Waals surface area contributed by atoms with E-state index >= 15 is 0 Å². The molecule has 0 aliphatic carbocycles. The molecular weight excluding hydrogens is 96.0 g/mol. The quantitative estimate of drug-likeness (QED) is 0.491. The molecule has 0 aromatic heterocycles. The molecule has 0 rings (SSSR count). The predicted molar refractivity (Wildman–Crippen MR) is 23.3 cm³/mol. The second kappa shape index (κ2) is 4.05. The van der Waals surface area contributed by atoms with Crippen LogP contribution in [0.5, 0.6) is 0 Å². The molecule has 0 spiro atoms. The Hall–Kier alpha value is -0.120. The summed E-state index contributed by atoms with van der Waals surface area (Å²) < 4.78 is 0. The van der Waals surface area contributed by atoms with Crippen LogP contribution in [0.4, 0.5) is 0 Å². The zero-order chi connectivity index (χ0) is 5.70. The van der Waals surface area contributed by atoms with Crippen LogP contribution in [0.1, 0.15) is 6.42 Å². The van der Waals surface area contributed by atoms with Crippen molar-refractivity contribution in [2.75, 3.05) is 13.2 Å². The maximum atomic E-state index is 9.63. The number of hydrogen-bond acceptors (Lipinski definition) is 2. The summed E-state index contributed by atoms with van der Waals surface area (Å²) in [5.41, 5.74) is 0. The van der Waals surface area contributed by atoms with E-state index in [1.54, 1.807) is 0 Å². The molecule has 0 bridgehead atoms. The van der Waals surface area contributed by atoms with E-state index in [1.807, 2.05) is 0 Å². The minimum Gasteiger partial charge on any atom is -0.394 e. The van der Waals surface area contributed by atoms with Crippen molar-refractivity contribution < 1.29 is 15.3 Å². The van der Waals surface area contributed by atoms with Gasteiger partial charge in [0.2, 0.25) is 0 Å². The summed E-state index contributed by atoms with van der Waals surface area (Å²) >= 11 is 0. The van der Waals surface area contributed by atoms with E-state index in [9.17, 15) is 5.11 Å². The van der Waals surface area contributed by atoms with Crippen molar-refractivity contribution >= 4 is 0 Å². The molecule has 43 valence electrons. The first kappa shape index (κ1) is 6.88. The molecule has 0 saturated carbocycles. The predicted octanol–water partition coefficient (Wildman–Crippen LogP) is -0.840. The van der Waals surface area contributed by atoms with Gasteiger partial charge in [0.15, 0.2) is 0 Å². The average Bonchev–Trinajstić information content (AvgIpc) is 1.68. The smallest absolute Gasteiger partial charge is 0.0847 e. The van der Waals surface area contributed by atoms with Gasteiger partial charge < -0.3 is 10.2 Å². The van der Waals surface area contributed by atoms with Gasteiger partial charge in [-0.1, -0.05) is 0 Å². The van der Waals surface area contributed by atoms with Gasteiger partial charge in [-0.15, -0.1) is 0 Å². The van der Waals surface area contributed by atoms with Crippen LogP contribution in [0.25, 0.3) is 0 Å². The van der Waals surface area contributed by atoms with Gasteiger partial charge >= 0.3 is 0 Å². The summed E-state index contributed by atoms with van der Waals surface area (Å²) in [6.07, 6.45) is -0.659. The summed E-state index contributed by atoms with van der Waals surface area (Å²) in [5, 5.41) is 26.1. The summed E-state index contributed by atoms with van der Waals surface area (Å²) in [7, 11) is 0. The Bertz CT molecular complexity index is 37.9. The molecule has 0 aliphatic heterocycles. The Morgan fingerprint density at radius 1 is 1.57 bits per heavy atom. The summed E-state index contributed by atoms with van der Waals surface area (Å²) in [6.45, 7) is -0.621. The second-order valence-electron chi connectivity index (χ2n) is 1.33. The van der Waals surface area contributed by atoms with Crippen LogP contribution in [0.15, 0.2) is 0 Å². The molecule has 1 radical (unpaired) electrons. The summed E-state index contributed by atoms with van der Waals surface area (Å²) in [6, 6.07) is 0. The van der Waals surface area contributed by atoms with Crippen molar-refractivity contribution in [3.8, 4) is 0 Å². The van der Waals surface area contributed by atoms with Crippen molar-refractivity contribution in [3.63, 3.8) is 0 Å². The van der Waals surface area contributed by atoms with Gasteiger partial charge in [0, 0.05) is 6.42 Å². The number of aliphatic hydroxyl groups excluding tert-OH is 2. The van der Waals surface area contributed by atoms with Crippen LogP contribution in [0.2, 0.25) is 0 Å². The summed E-state index contributed by atoms with van der Waals surface area (Å²) in [4.78, 5) is 0. The minimum absolute atomic E-state index is 0.149. The Balaban J connectivity index is 2.83. The van der Waals surface area contributed by atoms with Gasteiger partial charge in [0.1, 0.15) is 0 Å². The van der Waals surface area contributed by atoms with E-state index in [-0.39, 0.29) is 19.6 Å². The fourth-order valence-electron chi connectivity index (χ4n) is 0.227. The molecule has 0 aromatic rings. The topological polar surface area (TPSA) is 60.4 Å². The molecule has 3 nitrogen and oxygen atoms in total. The van der Waals surface area contributed by atoms with Gasteiger partial charge in [0.05, 0.1) is 19.3 Å². The van der Waals surface area contributed by atoms with Gasteiger partial charge in [-0.25, -0.2) is 5.11 Å². The lowest BCUT2D eigenvalue weighted by Gasteiger charge is -1.99. The highest BCUT2D eigenvalue weighted by Crippen LogP contribution is 1.85. The number of hydrogen-bond donors (Lipinski definition) is 2. The van der Waals surface area contributed by atoms with Crippen molar-refractivity contribution in [2.24, 2.45) is 0 Å². The molecule has 0 heterocycles. The molecular formula is C4H9O3. The van der Waals surface area contributed by atoms with Crippen LogP contribution in [-0.2, 0) is 5.11 Å². The van der Waals surface area contributed by atoms with E-state index in [1.165, 1.54) is 0 Å². The van der Waals surface area contributed by atoms with E-state index in [0.717, 1.165) is 0 Å². The molecule has 0 aromatic carbocycles. The fraction of sp³-hybridized carbons (Fsp3) is 1.00. The second-order valence-corrected chi connectivity index (χ2v) is 1.33. The highest BCUT2D eigenvalue weighted by atomic mass is 16.3. The van der Waals surface area contributed by atoms with E-state index in [4.69, 9.17) is 10.2 Å². The molecule has 0 aliphatic rings. The minimum atomic E-state index is -0.808. The first-order valence-electron chi connectivity index (χ1n) is 2.18. The van der Waals surface area contributed by atoms with Crippen molar-refractivity contribution in [2.45, 2.75) is 12.5 Å². The van der Waals surface area contributed by atoms with Crippen LogP contribution >= 0.6 is 0 Å². The maximum absolute atomic E-state index is 9.63. The zero-order valence-electron chi connectivity index (χ0n) is 4.00. The first-order valence-corrected chi connectivity index (χ1v) is 2.18. The fourth-order valence-corrected chi connectivity index (χ4v) is 0.227. The Kier molecular flexibility index (Phi) is 3.98. The van der Waals surface area contributed by atoms with Crippen molar-refractivity contribution in [3.05, 3.63) is 0 Å². The van der Waals surface area contributed by atoms with Crippen molar-refractivity contribution in [1.82, 2.24) is 0 Å². The molecule has 1 unspecified atom stereocenters. The third-order valence-electron chi connectivity index (χ3n) is 0.662. The first-order chi connectivity index (χ1) is 3.31. The number of aliphatic hydroxyl groups is 2. The van der Waals surface area contributed by atoms with Crippen LogP contribution in [-0.4, -0.2) is 29.5 Å². The Labute approximate surface area is 42.2 Å².